The number of imidazole rings is 1. The molecule has 0 aliphatic heterocycles. The maximum absolute atomic E-state index is 11.2. The molecule has 0 fully saturated rings. The van der Waals surface area contributed by atoms with Crippen LogP contribution in [0.4, 0.5) is 10.6 Å². The van der Waals surface area contributed by atoms with E-state index >= 15 is 0 Å². The molecule has 3 rings (SSSR count). The molecule has 126 valence electrons. The van der Waals surface area contributed by atoms with E-state index in [1.807, 2.05) is 0 Å². The van der Waals surface area contributed by atoms with Gasteiger partial charge in [-0.3, -0.25) is 5.32 Å². The number of hydrogen-bond acceptors (Lipinski definition) is 7. The first kappa shape index (κ1) is 16.5. The zero-order valence-corrected chi connectivity index (χ0v) is 13.9. The number of aromatic nitrogens is 4. The molecule has 0 bridgehead atoms. The summed E-state index contributed by atoms with van der Waals surface area (Å²) < 4.78 is 11.8. The van der Waals surface area contributed by atoms with Crippen LogP contribution in [0, 0.1) is 11.3 Å². The van der Waals surface area contributed by atoms with Crippen molar-refractivity contribution in [3.63, 3.8) is 0 Å². The fourth-order valence-corrected chi connectivity index (χ4v) is 2.30. The van der Waals surface area contributed by atoms with Crippen LogP contribution in [0.2, 0.25) is 5.28 Å². The number of rotatable bonds is 3. The third-order valence-electron chi connectivity index (χ3n) is 3.30. The predicted octanol–water partition coefficient (Wildman–Crippen LogP) is 2.86. The van der Waals surface area contributed by atoms with Crippen molar-refractivity contribution in [1.82, 2.24) is 19.5 Å². The fraction of sp³-hybridized carbons (Fsp3) is 0.133. The molecule has 0 aliphatic carbocycles. The summed E-state index contributed by atoms with van der Waals surface area (Å²) in [5.74, 6) is 0.817. The highest BCUT2D eigenvalue weighted by atomic mass is 35.5. The summed E-state index contributed by atoms with van der Waals surface area (Å²) in [4.78, 5) is 23.4. The number of carbonyl (C=O) groups is 1. The summed E-state index contributed by atoms with van der Waals surface area (Å²) in [6.45, 7) is 0. The van der Waals surface area contributed by atoms with Crippen LogP contribution in [0.1, 0.15) is 5.56 Å². The zero-order chi connectivity index (χ0) is 18.0. The zero-order valence-electron chi connectivity index (χ0n) is 13.1. The first-order valence-electron chi connectivity index (χ1n) is 6.93. The third-order valence-corrected chi connectivity index (χ3v) is 3.63. The maximum atomic E-state index is 11.2. The lowest BCUT2D eigenvalue weighted by Crippen LogP contribution is -2.11. The van der Waals surface area contributed by atoms with E-state index in [9.17, 15) is 10.1 Å². The number of nitriles is 1. The number of amides is 1. The van der Waals surface area contributed by atoms with E-state index in [0.29, 0.717) is 16.9 Å². The van der Waals surface area contributed by atoms with E-state index in [1.54, 1.807) is 17.7 Å². The Bertz CT molecular complexity index is 1010. The molecular weight excluding hydrogens is 348 g/mol. The molecule has 0 aliphatic rings. The number of ether oxygens (including phenoxy) is 2. The van der Waals surface area contributed by atoms with Crippen LogP contribution in [-0.4, -0.2) is 32.7 Å². The van der Waals surface area contributed by atoms with Gasteiger partial charge < -0.3 is 14.0 Å². The molecule has 3 aromatic heterocycles. The quantitative estimate of drug-likeness (QED) is 0.765. The molecule has 10 heteroatoms. The van der Waals surface area contributed by atoms with Crippen molar-refractivity contribution in [2.45, 2.75) is 0 Å². The van der Waals surface area contributed by atoms with Crippen LogP contribution in [0.25, 0.3) is 11.2 Å². The van der Waals surface area contributed by atoms with Gasteiger partial charge in [-0.1, -0.05) is 0 Å². The highest BCUT2D eigenvalue weighted by Crippen LogP contribution is 2.31. The minimum absolute atomic E-state index is 0.213. The standard InChI is InChI=1S/C15H11ClN6O3/c1-22-12-9(6-17)10(7-19-13(12)21-14(22)16)25-8-3-4-18-11(5-8)20-15(23)24-2/h3-5,7H,1-2H3,(H,18,20,23). The van der Waals surface area contributed by atoms with Crippen LogP contribution >= 0.6 is 11.6 Å². The van der Waals surface area contributed by atoms with Gasteiger partial charge in [0.15, 0.2) is 11.4 Å². The molecule has 0 radical (unpaired) electrons. The lowest BCUT2D eigenvalue weighted by Gasteiger charge is -2.09. The number of nitrogens with zero attached hydrogens (tertiary/aromatic N) is 5. The number of aryl methyl sites for hydroxylation is 1. The van der Waals surface area contributed by atoms with Gasteiger partial charge in [0.05, 0.1) is 13.3 Å². The van der Waals surface area contributed by atoms with Gasteiger partial charge in [0.25, 0.3) is 0 Å². The minimum atomic E-state index is -0.657. The number of fused-ring (bicyclic) bond motifs is 1. The Labute approximate surface area is 146 Å². The van der Waals surface area contributed by atoms with E-state index in [1.165, 1.54) is 25.6 Å². The van der Waals surface area contributed by atoms with Crippen molar-refractivity contribution in [3.05, 3.63) is 35.4 Å². The smallest absolute Gasteiger partial charge is 0.412 e. The SMILES string of the molecule is COC(=O)Nc1cc(Oc2cnc3nc(Cl)n(C)c3c2C#N)ccn1. The van der Waals surface area contributed by atoms with Crippen LogP contribution in [0.15, 0.2) is 24.5 Å². The first-order chi connectivity index (χ1) is 12.0. The molecule has 3 heterocycles. The average Bonchev–Trinajstić information content (AvgIpc) is 2.90. The van der Waals surface area contributed by atoms with E-state index in [-0.39, 0.29) is 22.4 Å². The molecule has 0 saturated carbocycles. The van der Waals surface area contributed by atoms with Gasteiger partial charge >= 0.3 is 6.09 Å². The number of methoxy groups -OCH3 is 1. The molecule has 0 saturated heterocycles. The summed E-state index contributed by atoms with van der Waals surface area (Å²) in [5, 5.41) is 12.1. The molecule has 0 spiro atoms. The summed E-state index contributed by atoms with van der Waals surface area (Å²) in [5.41, 5.74) is 1.05. The van der Waals surface area contributed by atoms with Gasteiger partial charge in [0, 0.05) is 19.3 Å². The van der Waals surface area contributed by atoms with E-state index in [0.717, 1.165) is 0 Å². The number of halogens is 1. The van der Waals surface area contributed by atoms with Crippen molar-refractivity contribution in [2.24, 2.45) is 7.05 Å². The molecule has 0 aromatic carbocycles. The van der Waals surface area contributed by atoms with Crippen LogP contribution in [-0.2, 0) is 11.8 Å². The normalized spacial score (nSPS) is 10.3. The van der Waals surface area contributed by atoms with Crippen LogP contribution in [0.5, 0.6) is 11.5 Å². The number of pyridine rings is 2. The number of hydrogen-bond donors (Lipinski definition) is 1. The molecule has 0 unspecified atom stereocenters. The Morgan fingerprint density at radius 1 is 1.44 bits per heavy atom. The van der Waals surface area contributed by atoms with Crippen molar-refractivity contribution in [1.29, 1.82) is 5.26 Å². The molecule has 25 heavy (non-hydrogen) atoms. The number of anilines is 1. The molecule has 3 aromatic rings. The monoisotopic (exact) mass is 358 g/mol. The first-order valence-corrected chi connectivity index (χ1v) is 7.31. The minimum Gasteiger partial charge on any atom is -0.454 e. The fourth-order valence-electron chi connectivity index (χ4n) is 2.14. The second-order valence-electron chi connectivity index (χ2n) is 4.82. The Morgan fingerprint density at radius 2 is 2.24 bits per heavy atom. The van der Waals surface area contributed by atoms with Crippen molar-refractivity contribution >= 4 is 34.7 Å². The van der Waals surface area contributed by atoms with Gasteiger partial charge in [-0.25, -0.2) is 14.8 Å². The number of carbonyl (C=O) groups excluding carboxylic acids is 1. The molecule has 9 nitrogen and oxygen atoms in total. The Morgan fingerprint density at radius 3 is 2.96 bits per heavy atom. The van der Waals surface area contributed by atoms with Crippen LogP contribution in [0.3, 0.4) is 0 Å². The van der Waals surface area contributed by atoms with Gasteiger partial charge in [-0.15, -0.1) is 0 Å². The van der Waals surface area contributed by atoms with Crippen LogP contribution < -0.4 is 10.1 Å². The van der Waals surface area contributed by atoms with E-state index in [2.05, 4.69) is 31.1 Å². The summed E-state index contributed by atoms with van der Waals surface area (Å²) in [6.07, 6.45) is 2.17. The summed E-state index contributed by atoms with van der Waals surface area (Å²) >= 11 is 5.98. The Kier molecular flexibility index (Phi) is 4.36. The molecule has 1 amide bonds. The average molecular weight is 359 g/mol. The highest BCUT2D eigenvalue weighted by molar-refractivity contribution is 6.29. The van der Waals surface area contributed by atoms with Gasteiger partial charge in [-0.05, 0) is 17.7 Å². The lowest BCUT2D eigenvalue weighted by molar-refractivity contribution is 0.187. The van der Waals surface area contributed by atoms with Crippen molar-refractivity contribution in [2.75, 3.05) is 12.4 Å². The third kappa shape index (κ3) is 3.15. The predicted molar refractivity (Wildman–Crippen MR) is 88.6 cm³/mol. The number of nitrogens with one attached hydrogen (secondary N) is 1. The van der Waals surface area contributed by atoms with Gasteiger partial charge in [0.1, 0.15) is 28.7 Å². The topological polar surface area (TPSA) is 115 Å². The Balaban J connectivity index is 1.98. The van der Waals surface area contributed by atoms with Gasteiger partial charge in [-0.2, -0.15) is 10.2 Å². The van der Waals surface area contributed by atoms with E-state index < -0.39 is 6.09 Å². The molecular formula is C15H11ClN6O3. The summed E-state index contributed by atoms with van der Waals surface area (Å²) in [6, 6.07) is 5.14. The highest BCUT2D eigenvalue weighted by Gasteiger charge is 2.17. The maximum Gasteiger partial charge on any atom is 0.412 e. The molecule has 1 N–H and O–H groups in total. The Hall–Kier alpha value is -3.38. The van der Waals surface area contributed by atoms with Crippen molar-refractivity contribution < 1.29 is 14.3 Å². The largest absolute Gasteiger partial charge is 0.454 e. The second-order valence-corrected chi connectivity index (χ2v) is 5.15. The summed E-state index contributed by atoms with van der Waals surface area (Å²) in [7, 11) is 2.92. The van der Waals surface area contributed by atoms with Gasteiger partial charge in [0.2, 0.25) is 5.28 Å². The van der Waals surface area contributed by atoms with Crippen molar-refractivity contribution in [3.8, 4) is 17.6 Å². The lowest BCUT2D eigenvalue weighted by atomic mass is 10.2. The molecule has 0 atom stereocenters. The van der Waals surface area contributed by atoms with E-state index in [4.69, 9.17) is 16.3 Å². The second kappa shape index (κ2) is 6.62.